The molecule has 0 N–H and O–H groups in total. The van der Waals surface area contributed by atoms with Gasteiger partial charge in [0.2, 0.25) is 17.7 Å². The Hall–Kier alpha value is -2.90. The van der Waals surface area contributed by atoms with Gasteiger partial charge in [-0.15, -0.1) is 0 Å². The van der Waals surface area contributed by atoms with Gasteiger partial charge < -0.3 is 19.1 Å². The van der Waals surface area contributed by atoms with Crippen LogP contribution in [0.5, 0.6) is 5.75 Å². The second-order valence-electron chi connectivity index (χ2n) is 7.92. The van der Waals surface area contributed by atoms with E-state index >= 15 is 0 Å². The van der Waals surface area contributed by atoms with Crippen molar-refractivity contribution in [3.8, 4) is 5.75 Å². The number of unbranched alkanes of at least 4 members (excludes halogenated alkanes) is 1. The Morgan fingerprint density at radius 3 is 2.77 bits per heavy atom. The first kappa shape index (κ1) is 22.8. The number of piperidine rings is 1. The summed E-state index contributed by atoms with van der Waals surface area (Å²) in [4.78, 5) is 34.2. The fraction of sp³-hybridized carbons (Fsp3) is 0.565. The van der Waals surface area contributed by atoms with Crippen molar-refractivity contribution >= 4 is 11.8 Å². The zero-order chi connectivity index (χ0) is 22.4. The molecule has 3 rings (SSSR count). The fourth-order valence-corrected chi connectivity index (χ4v) is 4.16. The van der Waals surface area contributed by atoms with E-state index in [0.29, 0.717) is 43.3 Å². The van der Waals surface area contributed by atoms with Crippen molar-refractivity contribution in [2.45, 2.75) is 58.5 Å². The average Bonchev–Trinajstić information content (AvgIpc) is 3.25. The Morgan fingerprint density at radius 2 is 2.10 bits per heavy atom. The second kappa shape index (κ2) is 10.4. The normalized spacial score (nSPS) is 18.8. The Labute approximate surface area is 183 Å². The first-order valence-corrected chi connectivity index (χ1v) is 11.0. The number of amides is 2. The van der Waals surface area contributed by atoms with E-state index in [1.54, 1.807) is 19.1 Å². The fourth-order valence-electron chi connectivity index (χ4n) is 4.16. The lowest BCUT2D eigenvalue weighted by molar-refractivity contribution is -0.148. The first-order chi connectivity index (χ1) is 15.0. The van der Waals surface area contributed by atoms with E-state index in [0.717, 1.165) is 18.4 Å². The number of ether oxygens (including phenoxy) is 1. The van der Waals surface area contributed by atoms with Gasteiger partial charge in [-0.2, -0.15) is 4.98 Å². The largest absolute Gasteiger partial charge is 0.496 e. The number of carbonyl (C=O) groups excluding carboxylic acids is 2. The summed E-state index contributed by atoms with van der Waals surface area (Å²) >= 11 is 0. The van der Waals surface area contributed by atoms with Crippen molar-refractivity contribution in [1.29, 1.82) is 0 Å². The maximum atomic E-state index is 13.5. The number of para-hydroxylation sites is 1. The van der Waals surface area contributed by atoms with Crippen LogP contribution in [0, 0.1) is 5.92 Å². The Kier molecular flexibility index (Phi) is 7.65. The van der Waals surface area contributed by atoms with Crippen LogP contribution in [0.4, 0.5) is 0 Å². The van der Waals surface area contributed by atoms with Crippen LogP contribution >= 0.6 is 0 Å². The number of likely N-dealkylation sites (tertiary alicyclic amines) is 1. The van der Waals surface area contributed by atoms with Gasteiger partial charge in [0.15, 0.2) is 5.82 Å². The van der Waals surface area contributed by atoms with Crippen LogP contribution in [0.1, 0.15) is 62.9 Å². The topological polar surface area (TPSA) is 88.8 Å². The molecule has 31 heavy (non-hydrogen) atoms. The molecule has 0 saturated carbocycles. The Balaban J connectivity index is 1.91. The summed E-state index contributed by atoms with van der Waals surface area (Å²) in [5.41, 5.74) is 0.868. The highest BCUT2D eigenvalue weighted by atomic mass is 16.5. The molecule has 1 saturated heterocycles. The van der Waals surface area contributed by atoms with Crippen LogP contribution in [0.2, 0.25) is 0 Å². The van der Waals surface area contributed by atoms with Gasteiger partial charge in [0.05, 0.1) is 25.6 Å². The molecule has 2 atom stereocenters. The molecule has 2 amide bonds. The van der Waals surface area contributed by atoms with Crippen LogP contribution in [-0.2, 0) is 22.6 Å². The van der Waals surface area contributed by atoms with Crippen LogP contribution in [0.3, 0.4) is 0 Å². The summed E-state index contributed by atoms with van der Waals surface area (Å²) < 4.78 is 10.9. The first-order valence-electron chi connectivity index (χ1n) is 11.0. The highest BCUT2D eigenvalue weighted by Gasteiger charge is 2.42. The molecule has 1 aromatic carbocycles. The quantitative estimate of drug-likeness (QED) is 0.608. The van der Waals surface area contributed by atoms with E-state index in [4.69, 9.17) is 9.26 Å². The van der Waals surface area contributed by atoms with Crippen molar-refractivity contribution < 1.29 is 18.8 Å². The van der Waals surface area contributed by atoms with E-state index in [1.165, 1.54) is 0 Å². The minimum absolute atomic E-state index is 0.0406. The van der Waals surface area contributed by atoms with E-state index in [-0.39, 0.29) is 30.3 Å². The van der Waals surface area contributed by atoms with Gasteiger partial charge in [0, 0.05) is 32.0 Å². The minimum atomic E-state index is -0.371. The molecular formula is C23H32N4O4. The summed E-state index contributed by atoms with van der Waals surface area (Å²) in [7, 11) is 3.36. The lowest BCUT2D eigenvalue weighted by Crippen LogP contribution is -2.48. The van der Waals surface area contributed by atoms with Crippen LogP contribution in [0.15, 0.2) is 28.8 Å². The molecule has 2 aromatic rings. The highest BCUT2D eigenvalue weighted by molar-refractivity contribution is 5.85. The molecule has 0 aliphatic carbocycles. The van der Waals surface area contributed by atoms with Crippen molar-refractivity contribution in [2.75, 3.05) is 20.7 Å². The Bertz CT molecular complexity index is 897. The number of aryl methyl sites for hydroxylation is 1. The SMILES string of the molecule is CCCCN1C(=O)CCC(C(=O)N(C)Cc2nc(CC)no2)C1c1ccccc1OC. The highest BCUT2D eigenvalue weighted by Crippen LogP contribution is 2.41. The molecule has 1 aliphatic heterocycles. The van der Waals surface area contributed by atoms with Crippen LogP contribution in [0.25, 0.3) is 0 Å². The van der Waals surface area contributed by atoms with Gasteiger partial charge in [-0.25, -0.2) is 0 Å². The molecule has 2 unspecified atom stereocenters. The number of benzene rings is 1. The van der Waals surface area contributed by atoms with Gasteiger partial charge in [-0.3, -0.25) is 9.59 Å². The summed E-state index contributed by atoms with van der Waals surface area (Å²) in [6.45, 7) is 4.90. The molecule has 1 aliphatic rings. The number of methoxy groups -OCH3 is 1. The molecule has 0 spiro atoms. The number of hydrogen-bond acceptors (Lipinski definition) is 6. The number of nitrogens with zero attached hydrogens (tertiary/aromatic N) is 4. The molecule has 0 radical (unpaired) electrons. The number of hydrogen-bond donors (Lipinski definition) is 0. The van der Waals surface area contributed by atoms with Crippen LogP contribution in [-0.4, -0.2) is 52.5 Å². The predicted molar refractivity (Wildman–Crippen MR) is 115 cm³/mol. The minimum Gasteiger partial charge on any atom is -0.496 e. The molecule has 0 bridgehead atoms. The third-order valence-electron chi connectivity index (χ3n) is 5.81. The maximum Gasteiger partial charge on any atom is 0.246 e. The second-order valence-corrected chi connectivity index (χ2v) is 7.92. The predicted octanol–water partition coefficient (Wildman–Crippen LogP) is 3.38. The maximum absolute atomic E-state index is 13.5. The van der Waals surface area contributed by atoms with Crippen molar-refractivity contribution in [3.63, 3.8) is 0 Å². The van der Waals surface area contributed by atoms with E-state index in [9.17, 15) is 9.59 Å². The molecule has 1 aromatic heterocycles. The zero-order valence-corrected chi connectivity index (χ0v) is 18.8. The van der Waals surface area contributed by atoms with Gasteiger partial charge in [-0.1, -0.05) is 43.6 Å². The van der Waals surface area contributed by atoms with Gasteiger partial charge >= 0.3 is 0 Å². The third kappa shape index (κ3) is 5.06. The van der Waals surface area contributed by atoms with Crippen LogP contribution < -0.4 is 4.74 Å². The van der Waals surface area contributed by atoms with Gasteiger partial charge in [0.25, 0.3) is 0 Å². The molecule has 168 valence electrons. The average molecular weight is 429 g/mol. The van der Waals surface area contributed by atoms with Gasteiger partial charge in [0.1, 0.15) is 5.75 Å². The lowest BCUT2D eigenvalue weighted by atomic mass is 9.82. The van der Waals surface area contributed by atoms with Crippen molar-refractivity contribution in [3.05, 3.63) is 41.5 Å². The van der Waals surface area contributed by atoms with E-state index < -0.39 is 0 Å². The van der Waals surface area contributed by atoms with E-state index in [2.05, 4.69) is 17.1 Å². The standard InChI is InChI=1S/C23H32N4O4/c1-5-7-14-27-21(28)13-12-17(22(27)16-10-8-9-11-18(16)30-4)23(29)26(3)15-20-24-19(6-2)25-31-20/h8-11,17,22H,5-7,12-15H2,1-4H3. The van der Waals surface area contributed by atoms with Crippen molar-refractivity contribution in [1.82, 2.24) is 19.9 Å². The summed E-state index contributed by atoms with van der Waals surface area (Å²) in [5.74, 6) is 1.40. The van der Waals surface area contributed by atoms with Crippen molar-refractivity contribution in [2.24, 2.45) is 5.92 Å². The summed E-state index contributed by atoms with van der Waals surface area (Å²) in [6.07, 6.45) is 3.39. The molecule has 8 heteroatoms. The number of aromatic nitrogens is 2. The van der Waals surface area contributed by atoms with E-state index in [1.807, 2.05) is 36.1 Å². The molecule has 1 fully saturated rings. The summed E-state index contributed by atoms with van der Waals surface area (Å²) in [5, 5.41) is 3.91. The third-order valence-corrected chi connectivity index (χ3v) is 5.81. The number of carbonyl (C=O) groups is 2. The Morgan fingerprint density at radius 1 is 1.32 bits per heavy atom. The lowest BCUT2D eigenvalue weighted by Gasteiger charge is -2.42. The molecule has 2 heterocycles. The molecule has 8 nitrogen and oxygen atoms in total. The number of rotatable bonds is 9. The smallest absolute Gasteiger partial charge is 0.246 e. The monoisotopic (exact) mass is 428 g/mol. The molecular weight excluding hydrogens is 396 g/mol. The summed E-state index contributed by atoms with van der Waals surface area (Å²) in [6, 6.07) is 7.28. The van der Waals surface area contributed by atoms with Gasteiger partial charge in [-0.05, 0) is 18.9 Å². The zero-order valence-electron chi connectivity index (χ0n) is 18.8.